The smallest absolute Gasteiger partial charge is 0.383 e. The highest BCUT2D eigenvalue weighted by atomic mass is 16.5. The van der Waals surface area contributed by atoms with Gasteiger partial charge in [-0.1, -0.05) is 23.3 Å². The first kappa shape index (κ1) is 20.6. The van der Waals surface area contributed by atoms with E-state index >= 15 is 0 Å². The third-order valence-electron chi connectivity index (χ3n) is 3.94. The van der Waals surface area contributed by atoms with Crippen molar-refractivity contribution in [2.75, 3.05) is 6.61 Å². The Morgan fingerprint density at radius 2 is 1.96 bits per heavy atom. The number of ether oxygens (including phenoxy) is 2. The third-order valence-corrected chi connectivity index (χ3v) is 3.94. The molecule has 5 heteroatoms. The second-order valence-corrected chi connectivity index (χ2v) is 7.04. The molecule has 27 heavy (non-hydrogen) atoms. The van der Waals surface area contributed by atoms with Crippen molar-refractivity contribution in [3.8, 4) is 17.2 Å². The number of aromatic hydroxyl groups is 1. The first-order valence-corrected chi connectivity index (χ1v) is 9.16. The fraction of sp³-hybridized carbons (Fsp3) is 0.409. The van der Waals surface area contributed by atoms with E-state index in [1.807, 2.05) is 26.8 Å². The van der Waals surface area contributed by atoms with Crippen LogP contribution in [-0.4, -0.2) is 17.8 Å². The Morgan fingerprint density at radius 1 is 1.22 bits per heavy atom. The average Bonchev–Trinajstić information content (AvgIpc) is 2.56. The van der Waals surface area contributed by atoms with Gasteiger partial charge in [0.05, 0.1) is 6.10 Å². The van der Waals surface area contributed by atoms with Gasteiger partial charge in [0.2, 0.25) is 5.75 Å². The molecule has 0 saturated heterocycles. The fourth-order valence-corrected chi connectivity index (χ4v) is 2.62. The van der Waals surface area contributed by atoms with Gasteiger partial charge in [0.15, 0.2) is 5.75 Å². The molecule has 146 valence electrons. The lowest BCUT2D eigenvalue weighted by atomic mass is 10.1. The van der Waals surface area contributed by atoms with Gasteiger partial charge in [0, 0.05) is 0 Å². The fourth-order valence-electron chi connectivity index (χ4n) is 2.62. The molecule has 0 bridgehead atoms. The Bertz CT molecular complexity index is 899. The maximum absolute atomic E-state index is 12.2. The Kier molecular flexibility index (Phi) is 7.11. The molecule has 0 fully saturated rings. The van der Waals surface area contributed by atoms with Crippen LogP contribution in [0, 0.1) is 0 Å². The van der Waals surface area contributed by atoms with Gasteiger partial charge in [0.1, 0.15) is 23.3 Å². The molecule has 0 aliphatic carbocycles. The van der Waals surface area contributed by atoms with E-state index in [1.165, 1.54) is 5.57 Å². The maximum atomic E-state index is 12.2. The van der Waals surface area contributed by atoms with Crippen molar-refractivity contribution >= 4 is 11.0 Å². The second-order valence-electron chi connectivity index (χ2n) is 7.04. The molecular formula is C22H28O5. The maximum Gasteiger partial charge on any atom is 0.383 e. The summed E-state index contributed by atoms with van der Waals surface area (Å²) in [5.74, 6) is -0.00852. The van der Waals surface area contributed by atoms with Crippen molar-refractivity contribution in [2.24, 2.45) is 0 Å². The summed E-state index contributed by atoms with van der Waals surface area (Å²) in [7, 11) is 0. The number of hydrogen-bond donors (Lipinski definition) is 1. The topological polar surface area (TPSA) is 68.9 Å². The SMILES string of the molecule is CC(C)=CCCC(C)=CCOc1c(O)c2c(OC(C)C)cccc2oc1=O. The van der Waals surface area contributed by atoms with E-state index in [-0.39, 0.29) is 29.8 Å². The zero-order chi connectivity index (χ0) is 20.0. The molecule has 1 aromatic carbocycles. The molecule has 0 atom stereocenters. The molecule has 0 spiro atoms. The number of rotatable bonds is 8. The van der Waals surface area contributed by atoms with E-state index in [4.69, 9.17) is 13.9 Å². The van der Waals surface area contributed by atoms with Gasteiger partial charge in [-0.05, 0) is 65.7 Å². The van der Waals surface area contributed by atoms with Crippen LogP contribution in [0.15, 0.2) is 50.7 Å². The lowest BCUT2D eigenvalue weighted by Crippen LogP contribution is -2.09. The molecule has 0 aliphatic heterocycles. The Labute approximate surface area is 159 Å². The summed E-state index contributed by atoms with van der Waals surface area (Å²) in [6.45, 7) is 10.1. The van der Waals surface area contributed by atoms with Crippen LogP contribution in [0.2, 0.25) is 0 Å². The molecule has 0 aliphatic rings. The van der Waals surface area contributed by atoms with E-state index in [0.717, 1.165) is 18.4 Å². The number of allylic oxidation sites excluding steroid dienone is 3. The van der Waals surface area contributed by atoms with Gasteiger partial charge in [0.25, 0.3) is 0 Å². The van der Waals surface area contributed by atoms with Crippen LogP contribution in [0.3, 0.4) is 0 Å². The minimum Gasteiger partial charge on any atom is -0.503 e. The molecule has 0 saturated carbocycles. The van der Waals surface area contributed by atoms with Gasteiger partial charge in [-0.15, -0.1) is 0 Å². The standard InChI is InChI=1S/C22H28O5/c1-14(2)8-6-9-16(5)12-13-25-21-20(23)19-17(26-15(3)4)10-7-11-18(19)27-22(21)24/h7-8,10-12,15,23H,6,9,13H2,1-5H3. The highest BCUT2D eigenvalue weighted by Crippen LogP contribution is 2.38. The van der Waals surface area contributed by atoms with Crippen molar-refractivity contribution in [1.29, 1.82) is 0 Å². The zero-order valence-electron chi connectivity index (χ0n) is 16.7. The minimum absolute atomic E-state index is 0.0855. The lowest BCUT2D eigenvalue weighted by molar-refractivity contribution is 0.244. The average molecular weight is 372 g/mol. The van der Waals surface area contributed by atoms with Gasteiger partial charge in [-0.3, -0.25) is 0 Å². The van der Waals surface area contributed by atoms with E-state index < -0.39 is 5.63 Å². The highest BCUT2D eigenvalue weighted by molar-refractivity contribution is 5.91. The third kappa shape index (κ3) is 5.64. The summed E-state index contributed by atoms with van der Waals surface area (Å²) >= 11 is 0. The van der Waals surface area contributed by atoms with Crippen LogP contribution in [0.4, 0.5) is 0 Å². The van der Waals surface area contributed by atoms with Gasteiger partial charge in [-0.25, -0.2) is 4.79 Å². The van der Waals surface area contributed by atoms with Crippen molar-refractivity contribution in [3.05, 3.63) is 51.9 Å². The van der Waals surface area contributed by atoms with E-state index in [0.29, 0.717) is 11.1 Å². The van der Waals surface area contributed by atoms with Crippen LogP contribution < -0.4 is 15.1 Å². The van der Waals surface area contributed by atoms with Crippen molar-refractivity contribution in [1.82, 2.24) is 0 Å². The quantitative estimate of drug-likeness (QED) is 0.499. The molecule has 1 heterocycles. The molecule has 2 rings (SSSR count). The summed E-state index contributed by atoms with van der Waals surface area (Å²) in [5, 5.41) is 10.9. The first-order chi connectivity index (χ1) is 12.8. The molecule has 2 aromatic rings. The van der Waals surface area contributed by atoms with Crippen LogP contribution >= 0.6 is 0 Å². The lowest BCUT2D eigenvalue weighted by Gasteiger charge is -2.14. The predicted octanol–water partition coefficient (Wildman–Crippen LogP) is 5.36. The summed E-state index contributed by atoms with van der Waals surface area (Å²) in [4.78, 5) is 12.2. The van der Waals surface area contributed by atoms with Crippen molar-refractivity contribution < 1.29 is 19.0 Å². The van der Waals surface area contributed by atoms with Crippen LogP contribution in [0.25, 0.3) is 11.0 Å². The second kappa shape index (κ2) is 9.31. The Balaban J connectivity index is 2.23. The normalized spacial score (nSPS) is 11.7. The number of benzene rings is 1. The molecule has 1 aromatic heterocycles. The van der Waals surface area contributed by atoms with Gasteiger partial charge >= 0.3 is 5.63 Å². The summed E-state index contributed by atoms with van der Waals surface area (Å²) in [6.07, 6.45) is 5.87. The highest BCUT2D eigenvalue weighted by Gasteiger charge is 2.19. The monoisotopic (exact) mass is 372 g/mol. The minimum atomic E-state index is -0.711. The van der Waals surface area contributed by atoms with E-state index in [2.05, 4.69) is 19.9 Å². The van der Waals surface area contributed by atoms with E-state index in [9.17, 15) is 9.90 Å². The van der Waals surface area contributed by atoms with Crippen LogP contribution in [0.1, 0.15) is 47.5 Å². The molecular weight excluding hydrogens is 344 g/mol. The van der Waals surface area contributed by atoms with Crippen molar-refractivity contribution in [3.63, 3.8) is 0 Å². The molecule has 5 nitrogen and oxygen atoms in total. The van der Waals surface area contributed by atoms with Crippen LogP contribution in [-0.2, 0) is 0 Å². The summed E-state index contributed by atoms with van der Waals surface area (Å²) in [5.41, 5.74) is 1.99. The summed E-state index contributed by atoms with van der Waals surface area (Å²) in [6, 6.07) is 5.04. The van der Waals surface area contributed by atoms with Crippen LogP contribution in [0.5, 0.6) is 17.2 Å². The predicted molar refractivity (Wildman–Crippen MR) is 108 cm³/mol. The zero-order valence-corrected chi connectivity index (χ0v) is 16.7. The first-order valence-electron chi connectivity index (χ1n) is 9.16. The van der Waals surface area contributed by atoms with Gasteiger partial charge < -0.3 is 19.0 Å². The van der Waals surface area contributed by atoms with Gasteiger partial charge in [-0.2, -0.15) is 0 Å². The Hall–Kier alpha value is -2.69. The van der Waals surface area contributed by atoms with Crippen molar-refractivity contribution in [2.45, 2.75) is 53.6 Å². The molecule has 0 radical (unpaired) electrons. The number of fused-ring (bicyclic) bond motifs is 1. The Morgan fingerprint density at radius 3 is 2.63 bits per heavy atom. The largest absolute Gasteiger partial charge is 0.503 e. The molecule has 0 unspecified atom stereocenters. The molecule has 1 N–H and O–H groups in total. The molecule has 0 amide bonds. The number of hydrogen-bond acceptors (Lipinski definition) is 5. The van der Waals surface area contributed by atoms with E-state index in [1.54, 1.807) is 18.2 Å². The summed E-state index contributed by atoms with van der Waals surface area (Å²) < 4.78 is 16.5.